The van der Waals surface area contributed by atoms with Crippen molar-refractivity contribution in [1.82, 2.24) is 10.2 Å². The Morgan fingerprint density at radius 3 is 2.94 bits per heavy atom. The lowest BCUT2D eigenvalue weighted by atomic mass is 10.1. The van der Waals surface area contributed by atoms with Crippen LogP contribution in [0.1, 0.15) is 6.42 Å². The number of ether oxygens (including phenoxy) is 2. The Bertz CT molecular complexity index is 204. The van der Waals surface area contributed by atoms with E-state index in [1.807, 2.05) is 0 Å². The summed E-state index contributed by atoms with van der Waals surface area (Å²) in [6.07, 6.45) is 0.726. The normalized spacial score (nSPS) is 28.4. The largest absolute Gasteiger partial charge is 0.389 e. The van der Waals surface area contributed by atoms with Crippen LogP contribution in [-0.2, 0) is 9.47 Å². The Hall–Kier alpha value is -0.200. The fourth-order valence-electron chi connectivity index (χ4n) is 2.33. The van der Waals surface area contributed by atoms with Gasteiger partial charge in [0.2, 0.25) is 0 Å². The van der Waals surface area contributed by atoms with Gasteiger partial charge in [-0.1, -0.05) is 0 Å². The zero-order chi connectivity index (χ0) is 11.9. The molecule has 2 N–H and O–H groups in total. The first-order valence-electron chi connectivity index (χ1n) is 6.61. The Morgan fingerprint density at radius 2 is 2.24 bits per heavy atom. The molecular weight excluding hydrogens is 220 g/mol. The van der Waals surface area contributed by atoms with Crippen molar-refractivity contribution < 1.29 is 14.6 Å². The van der Waals surface area contributed by atoms with Gasteiger partial charge in [0.1, 0.15) is 0 Å². The van der Waals surface area contributed by atoms with Gasteiger partial charge in [0.05, 0.1) is 25.9 Å². The number of nitrogens with zero attached hydrogens (tertiary/aromatic N) is 1. The lowest BCUT2D eigenvalue weighted by Crippen LogP contribution is -2.47. The van der Waals surface area contributed by atoms with E-state index in [0.29, 0.717) is 12.5 Å². The van der Waals surface area contributed by atoms with Crippen LogP contribution in [0.3, 0.4) is 0 Å². The van der Waals surface area contributed by atoms with Crippen molar-refractivity contribution in [2.24, 2.45) is 5.92 Å². The minimum absolute atomic E-state index is 0.365. The van der Waals surface area contributed by atoms with Gasteiger partial charge in [0, 0.05) is 45.2 Å². The molecule has 0 aromatic carbocycles. The molecule has 100 valence electrons. The van der Waals surface area contributed by atoms with Gasteiger partial charge in [-0.15, -0.1) is 0 Å². The second kappa shape index (κ2) is 7.28. The molecule has 2 aliphatic heterocycles. The van der Waals surface area contributed by atoms with Gasteiger partial charge in [-0.05, 0) is 6.42 Å². The van der Waals surface area contributed by atoms with E-state index >= 15 is 0 Å². The summed E-state index contributed by atoms with van der Waals surface area (Å²) < 4.78 is 10.8. The highest BCUT2D eigenvalue weighted by Gasteiger charge is 2.17. The molecule has 0 aromatic heterocycles. The van der Waals surface area contributed by atoms with E-state index in [4.69, 9.17) is 9.47 Å². The molecule has 5 heteroatoms. The molecule has 2 saturated heterocycles. The molecular formula is C12H24N2O3. The van der Waals surface area contributed by atoms with Gasteiger partial charge in [-0.25, -0.2) is 0 Å². The van der Waals surface area contributed by atoms with Crippen LogP contribution in [0.25, 0.3) is 0 Å². The van der Waals surface area contributed by atoms with Gasteiger partial charge in [-0.3, -0.25) is 4.90 Å². The van der Waals surface area contributed by atoms with E-state index in [-0.39, 0.29) is 6.10 Å². The predicted octanol–water partition coefficient (Wildman–Crippen LogP) is -0.694. The van der Waals surface area contributed by atoms with E-state index in [1.165, 1.54) is 0 Å². The van der Waals surface area contributed by atoms with Gasteiger partial charge in [0.15, 0.2) is 0 Å². The van der Waals surface area contributed by atoms with E-state index in [0.717, 1.165) is 59.0 Å². The van der Waals surface area contributed by atoms with Crippen LogP contribution >= 0.6 is 0 Å². The fraction of sp³-hybridized carbons (Fsp3) is 1.00. The van der Waals surface area contributed by atoms with Crippen molar-refractivity contribution in [3.63, 3.8) is 0 Å². The highest BCUT2D eigenvalue weighted by Crippen LogP contribution is 2.12. The molecule has 2 atom stereocenters. The van der Waals surface area contributed by atoms with E-state index in [9.17, 15) is 5.11 Å². The summed E-state index contributed by atoms with van der Waals surface area (Å²) in [4.78, 5) is 2.28. The number of hydrogen-bond donors (Lipinski definition) is 2. The van der Waals surface area contributed by atoms with Gasteiger partial charge in [-0.2, -0.15) is 0 Å². The summed E-state index contributed by atoms with van der Waals surface area (Å²) in [6.45, 7) is 7.65. The lowest BCUT2D eigenvalue weighted by molar-refractivity contribution is 0.00201. The second-order valence-electron chi connectivity index (χ2n) is 4.97. The lowest BCUT2D eigenvalue weighted by Gasteiger charge is -2.29. The molecule has 0 amide bonds. The number of piperazine rings is 1. The molecule has 2 unspecified atom stereocenters. The van der Waals surface area contributed by atoms with Gasteiger partial charge >= 0.3 is 0 Å². The number of rotatable bonds is 6. The minimum atomic E-state index is -0.365. The number of hydrogen-bond acceptors (Lipinski definition) is 5. The zero-order valence-electron chi connectivity index (χ0n) is 10.4. The summed E-state index contributed by atoms with van der Waals surface area (Å²) in [5, 5.41) is 13.2. The third kappa shape index (κ3) is 4.89. The van der Waals surface area contributed by atoms with Crippen LogP contribution in [-0.4, -0.2) is 75.3 Å². The first-order chi connectivity index (χ1) is 8.34. The van der Waals surface area contributed by atoms with Crippen LogP contribution in [0.4, 0.5) is 0 Å². The molecule has 0 spiro atoms. The first kappa shape index (κ1) is 13.2. The Kier molecular flexibility index (Phi) is 5.67. The molecule has 2 heterocycles. The molecule has 5 nitrogen and oxygen atoms in total. The third-order valence-electron chi connectivity index (χ3n) is 3.37. The smallest absolute Gasteiger partial charge is 0.0900 e. The van der Waals surface area contributed by atoms with Crippen LogP contribution in [0.5, 0.6) is 0 Å². The molecule has 0 radical (unpaired) electrons. The van der Waals surface area contributed by atoms with E-state index in [2.05, 4.69) is 10.2 Å². The monoisotopic (exact) mass is 244 g/mol. The Balaban J connectivity index is 1.52. The summed E-state index contributed by atoms with van der Waals surface area (Å²) in [6, 6.07) is 0. The predicted molar refractivity (Wildman–Crippen MR) is 65.1 cm³/mol. The standard InChI is InChI=1S/C12H24N2O3/c15-12(7-14-4-2-13-3-5-14)10-17-9-11-1-6-16-8-11/h11-13,15H,1-10H2. The highest BCUT2D eigenvalue weighted by molar-refractivity contribution is 4.71. The molecule has 0 aliphatic carbocycles. The maximum absolute atomic E-state index is 9.86. The average molecular weight is 244 g/mol. The number of aliphatic hydroxyl groups excluding tert-OH is 1. The van der Waals surface area contributed by atoms with Crippen molar-refractivity contribution in [3.8, 4) is 0 Å². The van der Waals surface area contributed by atoms with E-state index in [1.54, 1.807) is 0 Å². The zero-order valence-corrected chi connectivity index (χ0v) is 10.4. The van der Waals surface area contributed by atoms with Crippen LogP contribution in [0, 0.1) is 5.92 Å². The topological polar surface area (TPSA) is 54.0 Å². The van der Waals surface area contributed by atoms with E-state index < -0.39 is 0 Å². The summed E-state index contributed by atoms with van der Waals surface area (Å²) in [5.41, 5.74) is 0. The maximum Gasteiger partial charge on any atom is 0.0900 e. The average Bonchev–Trinajstić information content (AvgIpc) is 2.83. The van der Waals surface area contributed by atoms with Gasteiger partial charge < -0.3 is 19.9 Å². The number of β-amino-alcohol motifs (C(OH)–C–C–N with tert-alkyl or cyclic N) is 1. The molecule has 17 heavy (non-hydrogen) atoms. The summed E-state index contributed by atoms with van der Waals surface area (Å²) >= 11 is 0. The maximum atomic E-state index is 9.86. The quantitative estimate of drug-likeness (QED) is 0.647. The van der Waals surface area contributed by atoms with Crippen molar-refractivity contribution in [3.05, 3.63) is 0 Å². The fourth-order valence-corrected chi connectivity index (χ4v) is 2.33. The Labute approximate surface area is 103 Å². The molecule has 2 rings (SSSR count). The minimum Gasteiger partial charge on any atom is -0.389 e. The van der Waals surface area contributed by atoms with Crippen LogP contribution in [0.2, 0.25) is 0 Å². The molecule has 0 aromatic rings. The van der Waals surface area contributed by atoms with Crippen LogP contribution < -0.4 is 5.32 Å². The molecule has 0 saturated carbocycles. The van der Waals surface area contributed by atoms with Crippen molar-refractivity contribution >= 4 is 0 Å². The highest BCUT2D eigenvalue weighted by atomic mass is 16.5. The summed E-state index contributed by atoms with van der Waals surface area (Å²) in [5.74, 6) is 0.529. The van der Waals surface area contributed by atoms with Crippen molar-refractivity contribution in [2.45, 2.75) is 12.5 Å². The van der Waals surface area contributed by atoms with Crippen molar-refractivity contribution in [2.75, 3.05) is 59.2 Å². The number of aliphatic hydroxyl groups is 1. The summed E-state index contributed by atoms with van der Waals surface area (Å²) in [7, 11) is 0. The van der Waals surface area contributed by atoms with Gasteiger partial charge in [0.25, 0.3) is 0 Å². The SMILES string of the molecule is OC(COCC1CCOC1)CN1CCNCC1. The Morgan fingerprint density at radius 1 is 1.41 bits per heavy atom. The van der Waals surface area contributed by atoms with Crippen molar-refractivity contribution in [1.29, 1.82) is 0 Å². The molecule has 2 aliphatic rings. The van der Waals surface area contributed by atoms with Crippen LogP contribution in [0.15, 0.2) is 0 Å². The first-order valence-corrected chi connectivity index (χ1v) is 6.61. The molecule has 2 fully saturated rings. The molecule has 0 bridgehead atoms. The third-order valence-corrected chi connectivity index (χ3v) is 3.37. The second-order valence-corrected chi connectivity index (χ2v) is 4.97. The number of nitrogens with one attached hydrogen (secondary N) is 1.